The number of anilines is 2. The molecule has 0 bridgehead atoms. The Morgan fingerprint density at radius 3 is 2.74 bits per heavy atom. The van der Waals surface area contributed by atoms with Gasteiger partial charge in [0.1, 0.15) is 23.5 Å². The molecule has 0 spiro atoms. The summed E-state index contributed by atoms with van der Waals surface area (Å²) in [6, 6.07) is 8.24. The van der Waals surface area contributed by atoms with Gasteiger partial charge in [0.15, 0.2) is 0 Å². The number of hydrogen-bond acceptors (Lipinski definition) is 7. The number of carbonyl (C=O) groups is 1. The van der Waals surface area contributed by atoms with Crippen molar-refractivity contribution in [2.24, 2.45) is 0 Å². The molecule has 1 aromatic carbocycles. The van der Waals surface area contributed by atoms with Gasteiger partial charge in [0.2, 0.25) is 5.91 Å². The fourth-order valence-electron chi connectivity index (χ4n) is 5.22. The molecular weight excluding hydrogens is 523 g/mol. The quantitative estimate of drug-likeness (QED) is 0.586. The van der Waals surface area contributed by atoms with Crippen LogP contribution in [0.3, 0.4) is 0 Å². The van der Waals surface area contributed by atoms with E-state index < -0.39 is 29.4 Å². The van der Waals surface area contributed by atoms with Gasteiger partial charge in [0.25, 0.3) is 0 Å². The number of hydrogen-bond donors (Lipinski definition) is 1. The first-order chi connectivity index (χ1) is 18.1. The van der Waals surface area contributed by atoms with E-state index in [0.717, 1.165) is 6.07 Å². The molecule has 0 aliphatic carbocycles. The normalized spacial score (nSPS) is 22.4. The Bertz CT molecular complexity index is 1220. The molecule has 1 N–H and O–H groups in total. The summed E-state index contributed by atoms with van der Waals surface area (Å²) in [5, 5.41) is 19.8. The molecule has 204 valence electrons. The summed E-state index contributed by atoms with van der Waals surface area (Å²) in [5.41, 5.74) is -1.03. The number of nitriles is 1. The Hall–Kier alpha value is -2.91. The number of likely N-dealkylation sites (N-methyl/N-ethyl adjacent to an activating group) is 1. The van der Waals surface area contributed by atoms with E-state index in [4.69, 9.17) is 16.3 Å². The van der Waals surface area contributed by atoms with Crippen molar-refractivity contribution < 1.29 is 27.8 Å². The first kappa shape index (κ1) is 28.1. The van der Waals surface area contributed by atoms with Crippen LogP contribution in [0.5, 0.6) is 0 Å². The lowest BCUT2D eigenvalue weighted by Gasteiger charge is -2.36. The molecule has 2 aromatic rings. The van der Waals surface area contributed by atoms with Crippen LogP contribution in [0.2, 0.25) is 5.02 Å². The second-order valence-corrected chi connectivity index (χ2v) is 9.85. The molecule has 2 fully saturated rings. The topological polar surface area (TPSA) is 92.9 Å². The molecule has 2 saturated heterocycles. The zero-order valence-electron chi connectivity index (χ0n) is 21.1. The molecule has 38 heavy (non-hydrogen) atoms. The molecule has 8 nitrogen and oxygen atoms in total. The molecular formula is C26H29ClF3N5O3. The summed E-state index contributed by atoms with van der Waals surface area (Å²) in [6.45, 7) is 4.90. The summed E-state index contributed by atoms with van der Waals surface area (Å²) < 4.78 is 47.3. The van der Waals surface area contributed by atoms with Gasteiger partial charge in [-0.2, -0.15) is 18.4 Å². The number of aryl methyl sites for hydroxylation is 1. The Kier molecular flexibility index (Phi) is 8.47. The monoisotopic (exact) mass is 551 g/mol. The number of benzene rings is 1. The highest BCUT2D eigenvalue weighted by Gasteiger charge is 2.45. The van der Waals surface area contributed by atoms with Crippen LogP contribution < -0.4 is 9.80 Å². The fraction of sp³-hybridized carbons (Fsp3) is 0.500. The van der Waals surface area contributed by atoms with E-state index in [1.807, 2.05) is 0 Å². The SMILES string of the molecule is CCN(C(=O)C1CC(N2CCOC(CO)C2)CN1c1nc(C)cc(C(F)(F)F)c1C#N)c1cccc(Cl)c1. The lowest BCUT2D eigenvalue weighted by molar-refractivity contribution is -0.137. The van der Waals surface area contributed by atoms with Gasteiger partial charge in [-0.1, -0.05) is 17.7 Å². The second-order valence-electron chi connectivity index (χ2n) is 9.41. The summed E-state index contributed by atoms with van der Waals surface area (Å²) >= 11 is 6.16. The average molecular weight is 552 g/mol. The van der Waals surface area contributed by atoms with E-state index in [0.29, 0.717) is 43.4 Å². The van der Waals surface area contributed by atoms with Gasteiger partial charge < -0.3 is 19.6 Å². The standard InChI is InChI=1S/C26H29ClF3N5O3/c1-3-34(18-6-4-5-17(27)10-18)25(37)23-11-19(33-7-8-38-20(14-33)15-36)13-35(23)24-21(12-31)22(26(28,29)30)9-16(2)32-24/h4-6,9-10,19-20,23,36H,3,7-8,11,13-15H2,1-2H3. The van der Waals surface area contributed by atoms with Crippen LogP contribution in [0.4, 0.5) is 24.7 Å². The van der Waals surface area contributed by atoms with Gasteiger partial charge in [-0.05, 0) is 44.5 Å². The maximum Gasteiger partial charge on any atom is 0.417 e. The van der Waals surface area contributed by atoms with E-state index in [1.54, 1.807) is 37.3 Å². The van der Waals surface area contributed by atoms with Gasteiger partial charge >= 0.3 is 6.18 Å². The lowest BCUT2D eigenvalue weighted by Crippen LogP contribution is -2.49. The minimum Gasteiger partial charge on any atom is -0.394 e. The smallest absolute Gasteiger partial charge is 0.394 e. The van der Waals surface area contributed by atoms with E-state index in [-0.39, 0.29) is 36.6 Å². The summed E-state index contributed by atoms with van der Waals surface area (Å²) in [7, 11) is 0. The lowest BCUT2D eigenvalue weighted by atomic mass is 10.1. The van der Waals surface area contributed by atoms with Gasteiger partial charge in [0.05, 0.1) is 24.9 Å². The van der Waals surface area contributed by atoms with Gasteiger partial charge in [-0.15, -0.1) is 0 Å². The minimum atomic E-state index is -4.76. The zero-order chi connectivity index (χ0) is 27.6. The highest BCUT2D eigenvalue weighted by molar-refractivity contribution is 6.31. The molecule has 12 heteroatoms. The number of aromatic nitrogens is 1. The predicted molar refractivity (Wildman–Crippen MR) is 136 cm³/mol. The molecule has 3 unspecified atom stereocenters. The van der Waals surface area contributed by atoms with Gasteiger partial charge in [0, 0.05) is 48.6 Å². The molecule has 0 radical (unpaired) electrons. The van der Waals surface area contributed by atoms with E-state index >= 15 is 0 Å². The minimum absolute atomic E-state index is 0.0925. The largest absolute Gasteiger partial charge is 0.417 e. The number of amides is 1. The van der Waals surface area contributed by atoms with Crippen LogP contribution in [0.15, 0.2) is 30.3 Å². The first-order valence-electron chi connectivity index (χ1n) is 12.4. The number of aliphatic hydroxyl groups is 1. The third-order valence-electron chi connectivity index (χ3n) is 6.97. The molecule has 4 rings (SSSR count). The van der Waals surface area contributed by atoms with E-state index in [1.165, 1.54) is 16.7 Å². The van der Waals surface area contributed by atoms with Crippen LogP contribution in [0.25, 0.3) is 0 Å². The maximum atomic E-state index is 14.0. The highest BCUT2D eigenvalue weighted by Crippen LogP contribution is 2.39. The van der Waals surface area contributed by atoms with Crippen molar-refractivity contribution in [2.45, 2.75) is 44.6 Å². The highest BCUT2D eigenvalue weighted by atomic mass is 35.5. The molecule has 2 aliphatic heterocycles. The molecule has 1 amide bonds. The summed E-state index contributed by atoms with van der Waals surface area (Å²) in [6.07, 6.45) is -4.86. The van der Waals surface area contributed by atoms with Gasteiger partial charge in [-0.25, -0.2) is 4.98 Å². The molecule has 0 saturated carbocycles. The average Bonchev–Trinajstić information content (AvgIpc) is 3.33. The van der Waals surface area contributed by atoms with Crippen molar-refractivity contribution in [2.75, 3.05) is 49.2 Å². The predicted octanol–water partition coefficient (Wildman–Crippen LogP) is 3.63. The van der Waals surface area contributed by atoms with Crippen molar-refractivity contribution in [1.82, 2.24) is 9.88 Å². The Labute approximate surface area is 224 Å². The summed E-state index contributed by atoms with van der Waals surface area (Å²) in [4.78, 5) is 23.5. The van der Waals surface area contributed by atoms with Crippen molar-refractivity contribution in [3.05, 3.63) is 52.2 Å². The molecule has 3 heterocycles. The zero-order valence-corrected chi connectivity index (χ0v) is 21.8. The number of carbonyl (C=O) groups excluding carboxylic acids is 1. The van der Waals surface area contributed by atoms with Crippen molar-refractivity contribution in [3.63, 3.8) is 0 Å². The second kappa shape index (κ2) is 11.5. The van der Waals surface area contributed by atoms with Crippen LogP contribution >= 0.6 is 11.6 Å². The third kappa shape index (κ3) is 5.73. The van der Waals surface area contributed by atoms with Crippen molar-refractivity contribution in [1.29, 1.82) is 5.26 Å². The number of morpholine rings is 1. The van der Waals surface area contributed by atoms with Crippen LogP contribution in [-0.2, 0) is 15.7 Å². The number of alkyl halides is 3. The fourth-order valence-corrected chi connectivity index (χ4v) is 5.40. The number of halogens is 4. The Morgan fingerprint density at radius 2 is 2.11 bits per heavy atom. The number of nitrogens with zero attached hydrogens (tertiary/aromatic N) is 5. The molecule has 1 aromatic heterocycles. The molecule has 3 atom stereocenters. The maximum absolute atomic E-state index is 14.0. The summed E-state index contributed by atoms with van der Waals surface area (Å²) in [5.74, 6) is -0.486. The molecule has 2 aliphatic rings. The Morgan fingerprint density at radius 1 is 1.34 bits per heavy atom. The van der Waals surface area contributed by atoms with Crippen LogP contribution in [0, 0.1) is 18.3 Å². The number of aliphatic hydroxyl groups excluding tert-OH is 1. The van der Waals surface area contributed by atoms with Gasteiger partial charge in [-0.3, -0.25) is 9.69 Å². The number of pyridine rings is 1. The van der Waals surface area contributed by atoms with E-state index in [9.17, 15) is 28.3 Å². The first-order valence-corrected chi connectivity index (χ1v) is 12.7. The van der Waals surface area contributed by atoms with Crippen LogP contribution in [-0.4, -0.2) is 78.5 Å². The van der Waals surface area contributed by atoms with Crippen molar-refractivity contribution >= 4 is 29.0 Å². The van der Waals surface area contributed by atoms with Crippen molar-refractivity contribution in [3.8, 4) is 6.07 Å². The van der Waals surface area contributed by atoms with Crippen LogP contribution in [0.1, 0.15) is 30.2 Å². The Balaban J connectivity index is 1.78. The van der Waals surface area contributed by atoms with E-state index in [2.05, 4.69) is 9.88 Å². The number of rotatable bonds is 6. The number of ether oxygens (including phenoxy) is 1. The third-order valence-corrected chi connectivity index (χ3v) is 7.21.